The highest BCUT2D eigenvalue weighted by atomic mass is 16.3. The molecule has 2 aliphatic rings. The third kappa shape index (κ3) is 2.81. The standard InChI is InChI=1S/C18H29NO/c1-12(2)14-8-7-13(3)11-17(14)19-16-5-4-6-18-15(16)9-10-20-18/h9-10,12-14,16-17,19H,4-8,11H2,1-3H3. The molecule has 2 aliphatic carbocycles. The van der Waals surface area contributed by atoms with Crippen LogP contribution in [-0.4, -0.2) is 6.04 Å². The molecule has 1 heterocycles. The van der Waals surface area contributed by atoms with Gasteiger partial charge in [0.25, 0.3) is 0 Å². The molecule has 1 N–H and O–H groups in total. The zero-order valence-electron chi connectivity index (χ0n) is 13.2. The molecule has 1 fully saturated rings. The van der Waals surface area contributed by atoms with Gasteiger partial charge in [0.05, 0.1) is 6.26 Å². The van der Waals surface area contributed by atoms with Crippen LogP contribution in [0.5, 0.6) is 0 Å². The van der Waals surface area contributed by atoms with E-state index in [0.717, 1.165) is 24.2 Å². The van der Waals surface area contributed by atoms with Crippen LogP contribution in [0.25, 0.3) is 0 Å². The maximum atomic E-state index is 5.63. The van der Waals surface area contributed by atoms with Crippen molar-refractivity contribution in [2.75, 3.05) is 0 Å². The summed E-state index contributed by atoms with van der Waals surface area (Å²) in [6, 6.07) is 3.39. The zero-order chi connectivity index (χ0) is 14.1. The number of hydrogen-bond acceptors (Lipinski definition) is 2. The van der Waals surface area contributed by atoms with E-state index >= 15 is 0 Å². The van der Waals surface area contributed by atoms with E-state index in [0.29, 0.717) is 12.1 Å². The van der Waals surface area contributed by atoms with Gasteiger partial charge in [-0.15, -0.1) is 0 Å². The van der Waals surface area contributed by atoms with Gasteiger partial charge in [0.15, 0.2) is 0 Å². The second-order valence-corrected chi connectivity index (χ2v) is 7.34. The maximum Gasteiger partial charge on any atom is 0.108 e. The van der Waals surface area contributed by atoms with Gasteiger partial charge in [-0.3, -0.25) is 0 Å². The molecule has 0 saturated heterocycles. The third-order valence-electron chi connectivity index (χ3n) is 5.49. The first-order valence-electron chi connectivity index (χ1n) is 8.47. The smallest absolute Gasteiger partial charge is 0.108 e. The lowest BCUT2D eigenvalue weighted by Gasteiger charge is -2.40. The lowest BCUT2D eigenvalue weighted by atomic mass is 9.73. The summed E-state index contributed by atoms with van der Waals surface area (Å²) < 4.78 is 5.63. The molecule has 4 atom stereocenters. The highest BCUT2D eigenvalue weighted by Gasteiger charge is 2.33. The van der Waals surface area contributed by atoms with E-state index < -0.39 is 0 Å². The molecule has 0 radical (unpaired) electrons. The Balaban J connectivity index is 1.73. The van der Waals surface area contributed by atoms with E-state index in [1.165, 1.54) is 43.4 Å². The first-order chi connectivity index (χ1) is 9.65. The summed E-state index contributed by atoms with van der Waals surface area (Å²) in [5.41, 5.74) is 1.43. The van der Waals surface area contributed by atoms with Gasteiger partial charge in [0.2, 0.25) is 0 Å². The summed E-state index contributed by atoms with van der Waals surface area (Å²) in [4.78, 5) is 0. The van der Waals surface area contributed by atoms with Gasteiger partial charge >= 0.3 is 0 Å². The Morgan fingerprint density at radius 2 is 2.10 bits per heavy atom. The van der Waals surface area contributed by atoms with Crippen LogP contribution in [0.15, 0.2) is 16.7 Å². The van der Waals surface area contributed by atoms with Gasteiger partial charge in [0, 0.05) is 24.1 Å². The van der Waals surface area contributed by atoms with Gasteiger partial charge in [-0.05, 0) is 49.5 Å². The Morgan fingerprint density at radius 3 is 2.90 bits per heavy atom. The Labute approximate surface area is 123 Å². The van der Waals surface area contributed by atoms with Crippen LogP contribution < -0.4 is 5.32 Å². The van der Waals surface area contributed by atoms with E-state index in [9.17, 15) is 0 Å². The summed E-state index contributed by atoms with van der Waals surface area (Å²) in [6.07, 6.45) is 9.65. The molecule has 0 aliphatic heterocycles. The number of fused-ring (bicyclic) bond motifs is 1. The Bertz CT molecular complexity index is 436. The van der Waals surface area contributed by atoms with Gasteiger partial charge in [-0.1, -0.05) is 27.2 Å². The fourth-order valence-corrected chi connectivity index (χ4v) is 4.31. The molecule has 20 heavy (non-hydrogen) atoms. The van der Waals surface area contributed by atoms with Crippen LogP contribution in [0.3, 0.4) is 0 Å². The van der Waals surface area contributed by atoms with Crippen molar-refractivity contribution in [3.63, 3.8) is 0 Å². The predicted molar refractivity (Wildman–Crippen MR) is 82.7 cm³/mol. The van der Waals surface area contributed by atoms with Gasteiger partial charge < -0.3 is 9.73 Å². The Hall–Kier alpha value is -0.760. The molecular weight excluding hydrogens is 246 g/mol. The SMILES string of the molecule is CC1CCC(C(C)C)C(NC2CCCc3occc32)C1. The first kappa shape index (κ1) is 14.2. The van der Waals surface area contributed by atoms with Crippen molar-refractivity contribution in [3.8, 4) is 0 Å². The molecule has 1 aromatic rings. The van der Waals surface area contributed by atoms with Crippen molar-refractivity contribution >= 4 is 0 Å². The van der Waals surface area contributed by atoms with Crippen molar-refractivity contribution in [1.29, 1.82) is 0 Å². The van der Waals surface area contributed by atoms with Crippen LogP contribution >= 0.6 is 0 Å². The number of nitrogens with one attached hydrogen (secondary N) is 1. The van der Waals surface area contributed by atoms with E-state index in [4.69, 9.17) is 4.42 Å². The topological polar surface area (TPSA) is 25.2 Å². The lowest BCUT2D eigenvalue weighted by Crippen LogP contribution is -2.45. The lowest BCUT2D eigenvalue weighted by molar-refractivity contribution is 0.155. The molecule has 0 amide bonds. The second kappa shape index (κ2) is 5.93. The molecule has 1 aromatic heterocycles. The molecule has 2 nitrogen and oxygen atoms in total. The summed E-state index contributed by atoms with van der Waals surface area (Å²) in [6.45, 7) is 7.19. The molecule has 112 valence electrons. The van der Waals surface area contributed by atoms with Gasteiger partial charge in [0.1, 0.15) is 5.76 Å². The van der Waals surface area contributed by atoms with Crippen LogP contribution in [0.2, 0.25) is 0 Å². The minimum Gasteiger partial charge on any atom is -0.469 e. The minimum atomic E-state index is 0.522. The van der Waals surface area contributed by atoms with Crippen LogP contribution in [0, 0.1) is 17.8 Å². The average Bonchev–Trinajstić information content (AvgIpc) is 2.88. The first-order valence-corrected chi connectivity index (χ1v) is 8.47. The summed E-state index contributed by atoms with van der Waals surface area (Å²) in [5.74, 6) is 3.71. The normalized spacial score (nSPS) is 34.2. The fraction of sp³-hybridized carbons (Fsp3) is 0.778. The van der Waals surface area contributed by atoms with Crippen LogP contribution in [0.4, 0.5) is 0 Å². The van der Waals surface area contributed by atoms with Gasteiger partial charge in [-0.2, -0.15) is 0 Å². The summed E-state index contributed by atoms with van der Waals surface area (Å²) >= 11 is 0. The van der Waals surface area contributed by atoms with Crippen molar-refractivity contribution in [2.45, 2.75) is 71.4 Å². The molecule has 0 spiro atoms. The Morgan fingerprint density at radius 1 is 1.25 bits per heavy atom. The highest BCUT2D eigenvalue weighted by molar-refractivity contribution is 5.24. The van der Waals surface area contributed by atoms with E-state index in [-0.39, 0.29) is 0 Å². The predicted octanol–water partition coefficient (Wildman–Crippen LogP) is 4.71. The second-order valence-electron chi connectivity index (χ2n) is 7.34. The molecule has 2 heteroatoms. The van der Waals surface area contributed by atoms with E-state index in [2.05, 4.69) is 32.2 Å². The van der Waals surface area contributed by atoms with Crippen LogP contribution in [0.1, 0.15) is 70.2 Å². The number of aryl methyl sites for hydroxylation is 1. The average molecular weight is 275 g/mol. The number of rotatable bonds is 3. The zero-order valence-corrected chi connectivity index (χ0v) is 13.2. The minimum absolute atomic E-state index is 0.522. The Kier molecular flexibility index (Phi) is 4.21. The van der Waals surface area contributed by atoms with Crippen molar-refractivity contribution in [1.82, 2.24) is 5.32 Å². The highest BCUT2D eigenvalue weighted by Crippen LogP contribution is 2.37. The summed E-state index contributed by atoms with van der Waals surface area (Å²) in [7, 11) is 0. The molecule has 3 rings (SSSR count). The van der Waals surface area contributed by atoms with E-state index in [1.54, 1.807) is 0 Å². The number of furan rings is 1. The molecule has 0 aromatic carbocycles. The molecule has 1 saturated carbocycles. The number of hydrogen-bond donors (Lipinski definition) is 1. The largest absolute Gasteiger partial charge is 0.469 e. The fourth-order valence-electron chi connectivity index (χ4n) is 4.31. The molecule has 0 bridgehead atoms. The monoisotopic (exact) mass is 275 g/mol. The van der Waals surface area contributed by atoms with Gasteiger partial charge in [-0.25, -0.2) is 0 Å². The van der Waals surface area contributed by atoms with Crippen LogP contribution in [-0.2, 0) is 6.42 Å². The molecular formula is C18H29NO. The van der Waals surface area contributed by atoms with Crippen molar-refractivity contribution in [3.05, 3.63) is 23.7 Å². The summed E-state index contributed by atoms with van der Waals surface area (Å²) in [5, 5.41) is 4.00. The third-order valence-corrected chi connectivity index (χ3v) is 5.49. The van der Waals surface area contributed by atoms with Crippen molar-refractivity contribution < 1.29 is 4.42 Å². The van der Waals surface area contributed by atoms with Crippen molar-refractivity contribution in [2.24, 2.45) is 17.8 Å². The molecule has 4 unspecified atom stereocenters. The maximum absolute atomic E-state index is 5.63. The quantitative estimate of drug-likeness (QED) is 0.864. The van der Waals surface area contributed by atoms with E-state index in [1.807, 2.05) is 6.26 Å².